The lowest BCUT2D eigenvalue weighted by atomic mass is 10.2. The fraction of sp³-hybridized carbons (Fsp3) is 0.143. The number of carbonyl (C=O) groups is 1. The van der Waals surface area contributed by atoms with Crippen molar-refractivity contribution in [3.8, 4) is 0 Å². The lowest BCUT2D eigenvalue weighted by molar-refractivity contribution is -0.390. The summed E-state index contributed by atoms with van der Waals surface area (Å²) in [6.45, 7) is 0. The Morgan fingerprint density at radius 1 is 1.56 bits per heavy atom. The van der Waals surface area contributed by atoms with Gasteiger partial charge < -0.3 is 10.1 Å². The summed E-state index contributed by atoms with van der Waals surface area (Å²) in [7, 11) is 0. The number of halogens is 4. The molecule has 86 valence electrons. The molecule has 1 aromatic heterocycles. The Morgan fingerprint density at radius 2 is 2.12 bits per heavy atom. The summed E-state index contributed by atoms with van der Waals surface area (Å²) in [4.78, 5) is 23.2. The maximum atomic E-state index is 12.3. The second kappa shape index (κ2) is 4.67. The highest BCUT2D eigenvalue weighted by Gasteiger charge is 2.29. The van der Waals surface area contributed by atoms with E-state index in [1.54, 1.807) is 0 Å². The molecule has 0 saturated carbocycles. The van der Waals surface area contributed by atoms with Gasteiger partial charge in [-0.25, -0.2) is 8.78 Å². The highest BCUT2D eigenvalue weighted by atomic mass is 35.5. The molecule has 0 bridgehead atoms. The van der Waals surface area contributed by atoms with E-state index in [0.29, 0.717) is 6.07 Å². The summed E-state index contributed by atoms with van der Waals surface area (Å²) in [6, 6.07) is 0.698. The van der Waals surface area contributed by atoms with Crippen LogP contribution in [0.4, 0.5) is 14.6 Å². The van der Waals surface area contributed by atoms with Crippen LogP contribution in [-0.2, 0) is 0 Å². The van der Waals surface area contributed by atoms with E-state index in [2.05, 4.69) is 4.98 Å². The van der Waals surface area contributed by atoms with E-state index in [1.807, 2.05) is 0 Å². The van der Waals surface area contributed by atoms with Crippen molar-refractivity contribution >= 4 is 34.3 Å². The van der Waals surface area contributed by atoms with Gasteiger partial charge in [0.05, 0.1) is 5.02 Å². The van der Waals surface area contributed by atoms with Gasteiger partial charge in [-0.15, -0.1) is 0 Å². The number of nitro groups is 1. The van der Waals surface area contributed by atoms with Gasteiger partial charge in [-0.1, -0.05) is 11.6 Å². The predicted molar refractivity (Wildman–Crippen MR) is 51.0 cm³/mol. The number of rotatable bonds is 3. The Kier molecular flexibility index (Phi) is 3.71. The van der Waals surface area contributed by atoms with Crippen LogP contribution >= 0.6 is 23.2 Å². The Labute approximate surface area is 97.1 Å². The zero-order valence-electron chi connectivity index (χ0n) is 7.29. The van der Waals surface area contributed by atoms with Crippen LogP contribution in [-0.4, -0.2) is 15.1 Å². The van der Waals surface area contributed by atoms with Crippen LogP contribution in [0.2, 0.25) is 5.02 Å². The van der Waals surface area contributed by atoms with Crippen LogP contribution in [0.15, 0.2) is 6.07 Å². The molecule has 0 N–H and O–H groups in total. The van der Waals surface area contributed by atoms with E-state index >= 15 is 0 Å². The van der Waals surface area contributed by atoms with Crippen molar-refractivity contribution in [3.05, 3.63) is 32.5 Å². The molecule has 0 spiro atoms. The van der Waals surface area contributed by atoms with Gasteiger partial charge in [0.25, 0.3) is 5.24 Å². The van der Waals surface area contributed by atoms with Crippen LogP contribution in [0.3, 0.4) is 0 Å². The molecule has 9 heteroatoms. The Hall–Kier alpha value is -1.34. The quantitative estimate of drug-likeness (QED) is 0.481. The molecule has 5 nitrogen and oxygen atoms in total. The van der Waals surface area contributed by atoms with E-state index in [4.69, 9.17) is 23.2 Å². The lowest BCUT2D eigenvalue weighted by Gasteiger charge is -2.01. The Morgan fingerprint density at radius 3 is 2.50 bits per heavy atom. The number of pyridine rings is 1. The van der Waals surface area contributed by atoms with Crippen LogP contribution in [0.25, 0.3) is 0 Å². The fourth-order valence-electron chi connectivity index (χ4n) is 0.930. The average molecular weight is 271 g/mol. The first kappa shape index (κ1) is 12.7. The van der Waals surface area contributed by atoms with E-state index in [0.717, 1.165) is 0 Å². The molecule has 0 aliphatic carbocycles. The molecule has 0 aromatic carbocycles. The number of carbonyl (C=O) groups excluding carboxylic acids is 1. The molecule has 1 aromatic rings. The molecular weight excluding hydrogens is 269 g/mol. The van der Waals surface area contributed by atoms with Gasteiger partial charge in [-0.2, -0.15) is 0 Å². The zero-order valence-corrected chi connectivity index (χ0v) is 8.80. The van der Waals surface area contributed by atoms with Gasteiger partial charge >= 0.3 is 12.2 Å². The first-order valence-electron chi connectivity index (χ1n) is 3.67. The standard InChI is InChI=1S/C7H2Cl2F2N2O3/c8-3-1-2(5(9)14)7(13(15)16)12-4(3)6(10)11/h1,6H. The van der Waals surface area contributed by atoms with Crippen molar-refractivity contribution in [2.75, 3.05) is 0 Å². The maximum Gasteiger partial charge on any atom is 0.376 e. The Bertz CT molecular complexity index is 467. The first-order valence-corrected chi connectivity index (χ1v) is 4.43. The van der Waals surface area contributed by atoms with E-state index in [1.165, 1.54) is 0 Å². The van der Waals surface area contributed by atoms with Gasteiger partial charge in [0.15, 0.2) is 0 Å². The molecule has 0 aliphatic heterocycles. The van der Waals surface area contributed by atoms with Crippen molar-refractivity contribution in [1.29, 1.82) is 0 Å². The normalized spacial score (nSPS) is 10.6. The van der Waals surface area contributed by atoms with Gasteiger partial charge in [-0.3, -0.25) is 4.79 Å². The molecular formula is C7H2Cl2F2N2O3. The largest absolute Gasteiger partial charge is 0.376 e. The van der Waals surface area contributed by atoms with Crippen molar-refractivity contribution in [3.63, 3.8) is 0 Å². The molecule has 0 atom stereocenters. The summed E-state index contributed by atoms with van der Waals surface area (Å²) in [6.07, 6.45) is -3.08. The Balaban J connectivity index is 3.49. The number of nitrogens with zero attached hydrogens (tertiary/aromatic N) is 2. The topological polar surface area (TPSA) is 73.1 Å². The minimum Gasteiger partial charge on any atom is -0.358 e. The minimum absolute atomic E-state index is 0.551. The van der Waals surface area contributed by atoms with Crippen molar-refractivity contribution in [2.45, 2.75) is 6.43 Å². The van der Waals surface area contributed by atoms with Gasteiger partial charge in [-0.05, 0) is 27.6 Å². The van der Waals surface area contributed by atoms with E-state index in [-0.39, 0.29) is 0 Å². The third-order valence-electron chi connectivity index (χ3n) is 1.57. The highest BCUT2D eigenvalue weighted by molar-refractivity contribution is 6.68. The molecule has 0 saturated heterocycles. The van der Waals surface area contributed by atoms with Crippen molar-refractivity contribution in [1.82, 2.24) is 4.98 Å². The van der Waals surface area contributed by atoms with Crippen LogP contribution in [0.5, 0.6) is 0 Å². The molecule has 16 heavy (non-hydrogen) atoms. The SMILES string of the molecule is O=C(Cl)c1cc(Cl)c(C(F)F)nc1[N+](=O)[O-]. The molecule has 0 aliphatic rings. The molecule has 1 rings (SSSR count). The molecule has 0 fully saturated rings. The van der Waals surface area contributed by atoms with Gasteiger partial charge in [0, 0.05) is 0 Å². The summed E-state index contributed by atoms with van der Waals surface area (Å²) in [5, 5.41) is 8.71. The lowest BCUT2D eigenvalue weighted by Crippen LogP contribution is -2.05. The summed E-state index contributed by atoms with van der Waals surface area (Å²) < 4.78 is 24.6. The molecule has 0 amide bonds. The van der Waals surface area contributed by atoms with Gasteiger partial charge in [0.1, 0.15) is 5.56 Å². The number of aromatic nitrogens is 1. The third-order valence-corrected chi connectivity index (χ3v) is 2.08. The minimum atomic E-state index is -3.08. The molecule has 1 heterocycles. The zero-order chi connectivity index (χ0) is 12.5. The van der Waals surface area contributed by atoms with E-state index in [9.17, 15) is 23.7 Å². The van der Waals surface area contributed by atoms with E-state index < -0.39 is 38.7 Å². The third kappa shape index (κ3) is 2.42. The number of hydrogen-bond acceptors (Lipinski definition) is 4. The predicted octanol–water partition coefficient (Wildman–Crippen LogP) is 2.96. The maximum absolute atomic E-state index is 12.3. The number of hydrogen-bond donors (Lipinski definition) is 0. The van der Waals surface area contributed by atoms with Crippen molar-refractivity contribution < 1.29 is 18.5 Å². The number of alkyl halides is 2. The summed E-state index contributed by atoms with van der Waals surface area (Å²) in [5.41, 5.74) is -1.59. The summed E-state index contributed by atoms with van der Waals surface area (Å²) >= 11 is 10.4. The first-order chi connectivity index (χ1) is 7.34. The fourth-order valence-corrected chi connectivity index (χ4v) is 1.30. The monoisotopic (exact) mass is 270 g/mol. The second-order valence-corrected chi connectivity index (χ2v) is 3.31. The summed E-state index contributed by atoms with van der Waals surface area (Å²) in [5.74, 6) is -1.04. The van der Waals surface area contributed by atoms with Crippen LogP contribution in [0.1, 0.15) is 22.5 Å². The smallest absolute Gasteiger partial charge is 0.358 e. The van der Waals surface area contributed by atoms with Crippen LogP contribution < -0.4 is 0 Å². The molecule has 0 unspecified atom stereocenters. The average Bonchev–Trinajstić information content (AvgIpc) is 2.15. The van der Waals surface area contributed by atoms with Crippen LogP contribution in [0, 0.1) is 10.1 Å². The van der Waals surface area contributed by atoms with Crippen molar-refractivity contribution in [2.24, 2.45) is 0 Å². The highest BCUT2D eigenvalue weighted by Crippen LogP contribution is 2.30. The molecule has 0 radical (unpaired) electrons. The second-order valence-electron chi connectivity index (χ2n) is 2.56. The van der Waals surface area contributed by atoms with Gasteiger partial charge in [0.2, 0.25) is 5.69 Å².